The Morgan fingerprint density at radius 1 is 1.09 bits per heavy atom. The summed E-state index contributed by atoms with van der Waals surface area (Å²) in [4.78, 5) is 16.2. The van der Waals surface area contributed by atoms with Crippen LogP contribution in [-0.2, 0) is 0 Å². The van der Waals surface area contributed by atoms with Gasteiger partial charge in [0.15, 0.2) is 10.9 Å². The van der Waals surface area contributed by atoms with Gasteiger partial charge in [-0.3, -0.25) is 10.4 Å². The lowest BCUT2D eigenvalue weighted by Gasteiger charge is -2.39. The number of fused-ring (bicyclic) bond motifs is 2. The molecular weight excluding hydrogens is 456 g/mol. The maximum atomic E-state index is 6.29. The molecule has 5 rings (SSSR count). The molecule has 35 heavy (non-hydrogen) atoms. The first kappa shape index (κ1) is 23.8. The highest BCUT2D eigenvalue weighted by atomic mass is 32.1. The third-order valence-corrected chi connectivity index (χ3v) is 7.90. The molecule has 3 fully saturated rings. The van der Waals surface area contributed by atoms with Crippen molar-refractivity contribution >= 4 is 34.7 Å². The molecule has 2 atom stereocenters. The third kappa shape index (κ3) is 5.19. The number of nitrogens with one attached hydrogen (secondary N) is 1. The van der Waals surface area contributed by atoms with Crippen LogP contribution in [0.1, 0.15) is 45.7 Å². The minimum absolute atomic E-state index is 0.290. The Labute approximate surface area is 213 Å². The van der Waals surface area contributed by atoms with Crippen molar-refractivity contribution in [2.75, 3.05) is 42.5 Å². The molecule has 0 amide bonds. The molecule has 2 saturated heterocycles. The number of anilines is 2. The Bertz CT molecular complexity index is 1100. The minimum Gasteiger partial charge on any atom is -0.380 e. The number of para-hydroxylation sites is 1. The minimum atomic E-state index is 0.290. The highest BCUT2D eigenvalue weighted by Gasteiger charge is 2.50. The van der Waals surface area contributed by atoms with E-state index in [1.807, 2.05) is 12.3 Å². The number of benzene rings is 1. The number of hydrazone groups is 1. The third-order valence-electron chi connectivity index (χ3n) is 7.55. The highest BCUT2D eigenvalue weighted by Crippen LogP contribution is 2.53. The molecule has 0 spiro atoms. The van der Waals surface area contributed by atoms with Crippen LogP contribution in [0.25, 0.3) is 0 Å². The molecule has 1 aliphatic carbocycles. The van der Waals surface area contributed by atoms with Crippen molar-refractivity contribution in [3.8, 4) is 0 Å². The molecule has 2 bridgehead atoms. The number of piperazine rings is 1. The zero-order valence-corrected chi connectivity index (χ0v) is 21.8. The van der Waals surface area contributed by atoms with E-state index >= 15 is 0 Å². The van der Waals surface area contributed by atoms with Gasteiger partial charge in [0.25, 0.3) is 0 Å². The summed E-state index contributed by atoms with van der Waals surface area (Å²) < 4.78 is 0. The monoisotopic (exact) mass is 492 g/mol. The second-order valence-electron chi connectivity index (χ2n) is 11.3. The van der Waals surface area contributed by atoms with Crippen molar-refractivity contribution in [2.24, 2.45) is 21.7 Å². The van der Waals surface area contributed by atoms with Crippen LogP contribution in [0.3, 0.4) is 0 Å². The summed E-state index contributed by atoms with van der Waals surface area (Å²) in [6, 6.07) is 11.0. The average Bonchev–Trinajstić information content (AvgIpc) is 3.11. The Hall–Kier alpha value is -2.94. The molecule has 2 unspecified atom stereocenters. The Morgan fingerprint density at radius 2 is 1.83 bits per heavy atom. The smallest absolute Gasteiger partial charge is 0.189 e. The van der Waals surface area contributed by atoms with Crippen LogP contribution in [0.5, 0.6) is 0 Å². The number of thiocarbonyl (C=S) groups is 1. The number of hydrogen-bond donors (Lipinski definition) is 2. The average molecular weight is 493 g/mol. The molecule has 1 saturated carbocycles. The van der Waals surface area contributed by atoms with Gasteiger partial charge in [-0.2, -0.15) is 5.10 Å². The lowest BCUT2D eigenvalue weighted by atomic mass is 9.65. The van der Waals surface area contributed by atoms with Gasteiger partial charge >= 0.3 is 0 Å². The second kappa shape index (κ2) is 9.26. The standard InChI is InChI=1S/C26H36N8S/c1-25(2)13-20-14-26(3,17-25)18-34(20)22-16-28-15-21(29-22)23(27)30-31-24(35)33-11-9-32(10-12-33)19-7-5-4-6-8-19/h4-8,15-16,20H,9-14,17-18H2,1-3H3,(H2,27,30)(H,31,35). The maximum absolute atomic E-state index is 6.29. The predicted molar refractivity (Wildman–Crippen MR) is 146 cm³/mol. The van der Waals surface area contributed by atoms with Gasteiger partial charge in [0, 0.05) is 44.5 Å². The lowest BCUT2D eigenvalue weighted by molar-refractivity contribution is 0.136. The first-order valence-electron chi connectivity index (χ1n) is 12.5. The molecular formula is C26H36N8S. The van der Waals surface area contributed by atoms with Crippen molar-refractivity contribution in [3.05, 3.63) is 48.4 Å². The summed E-state index contributed by atoms with van der Waals surface area (Å²) in [5, 5.41) is 4.92. The van der Waals surface area contributed by atoms with E-state index in [0.717, 1.165) is 38.5 Å². The molecule has 2 aliphatic heterocycles. The van der Waals surface area contributed by atoms with E-state index in [-0.39, 0.29) is 0 Å². The van der Waals surface area contributed by atoms with Gasteiger partial charge in [-0.1, -0.05) is 39.0 Å². The summed E-state index contributed by atoms with van der Waals surface area (Å²) in [7, 11) is 0. The normalized spacial score (nSPS) is 26.1. The van der Waals surface area contributed by atoms with Crippen LogP contribution in [-0.4, -0.2) is 64.6 Å². The lowest BCUT2D eigenvalue weighted by Crippen LogP contribution is -2.51. The van der Waals surface area contributed by atoms with Crippen LogP contribution >= 0.6 is 12.2 Å². The van der Waals surface area contributed by atoms with Gasteiger partial charge in [0.2, 0.25) is 0 Å². The van der Waals surface area contributed by atoms with E-state index in [4.69, 9.17) is 22.9 Å². The number of nitrogens with two attached hydrogens (primary N) is 1. The van der Waals surface area contributed by atoms with Crippen LogP contribution in [0.2, 0.25) is 0 Å². The van der Waals surface area contributed by atoms with E-state index in [1.165, 1.54) is 24.9 Å². The van der Waals surface area contributed by atoms with Crippen molar-refractivity contribution in [1.29, 1.82) is 0 Å². The molecule has 186 valence electrons. The fourth-order valence-electron chi connectivity index (χ4n) is 6.39. The summed E-state index contributed by atoms with van der Waals surface area (Å²) >= 11 is 5.58. The number of amidine groups is 1. The molecule has 1 aromatic carbocycles. The van der Waals surface area contributed by atoms with Gasteiger partial charge in [0.05, 0.1) is 12.4 Å². The Kier molecular flexibility index (Phi) is 6.29. The van der Waals surface area contributed by atoms with Crippen LogP contribution in [0.4, 0.5) is 11.5 Å². The van der Waals surface area contributed by atoms with E-state index in [1.54, 1.807) is 6.20 Å². The van der Waals surface area contributed by atoms with Gasteiger partial charge in [-0.15, -0.1) is 0 Å². The van der Waals surface area contributed by atoms with Gasteiger partial charge in [-0.25, -0.2) is 4.98 Å². The van der Waals surface area contributed by atoms with Crippen molar-refractivity contribution in [1.82, 2.24) is 20.3 Å². The van der Waals surface area contributed by atoms with E-state index in [0.29, 0.717) is 33.5 Å². The van der Waals surface area contributed by atoms with E-state index < -0.39 is 0 Å². The molecule has 3 heterocycles. The van der Waals surface area contributed by atoms with Gasteiger partial charge in [0.1, 0.15) is 11.5 Å². The van der Waals surface area contributed by atoms with Crippen LogP contribution in [0.15, 0.2) is 47.8 Å². The zero-order chi connectivity index (χ0) is 24.6. The second-order valence-corrected chi connectivity index (χ2v) is 11.7. The quantitative estimate of drug-likeness (QED) is 0.291. The summed E-state index contributed by atoms with van der Waals surface area (Å²) in [6.07, 6.45) is 7.13. The van der Waals surface area contributed by atoms with Crippen LogP contribution in [0, 0.1) is 10.8 Å². The van der Waals surface area contributed by atoms with E-state index in [2.05, 4.69) is 75.2 Å². The number of aromatic nitrogens is 2. The Morgan fingerprint density at radius 3 is 2.57 bits per heavy atom. The largest absolute Gasteiger partial charge is 0.380 e. The number of nitrogens with zero attached hydrogens (tertiary/aromatic N) is 6. The molecule has 9 heteroatoms. The van der Waals surface area contributed by atoms with Gasteiger partial charge in [-0.05, 0) is 54.4 Å². The topological polar surface area (TPSA) is 85.9 Å². The fraction of sp³-hybridized carbons (Fsp3) is 0.538. The van der Waals surface area contributed by atoms with E-state index in [9.17, 15) is 0 Å². The first-order chi connectivity index (χ1) is 16.7. The molecule has 2 aromatic rings. The molecule has 8 nitrogen and oxygen atoms in total. The van der Waals surface area contributed by atoms with Crippen molar-refractivity contribution in [2.45, 2.75) is 46.1 Å². The number of rotatable bonds is 4. The van der Waals surface area contributed by atoms with Crippen molar-refractivity contribution < 1.29 is 0 Å². The zero-order valence-electron chi connectivity index (χ0n) is 20.9. The summed E-state index contributed by atoms with van der Waals surface area (Å²) in [6.45, 7) is 11.6. The fourth-order valence-corrected chi connectivity index (χ4v) is 6.62. The molecule has 3 aliphatic rings. The number of hydrogen-bond acceptors (Lipinski definition) is 6. The highest BCUT2D eigenvalue weighted by molar-refractivity contribution is 7.80. The SMILES string of the molecule is CC1(C)CC2CC(C)(CN2c2cncc(/C(N)=N\NC(=S)N3CCN(c4ccccc4)CC3)n2)C1. The molecule has 1 aromatic heterocycles. The molecule has 0 radical (unpaired) electrons. The van der Waals surface area contributed by atoms with Crippen LogP contribution < -0.4 is 21.0 Å². The Balaban J connectivity index is 1.20. The predicted octanol–water partition coefficient (Wildman–Crippen LogP) is 3.20. The maximum Gasteiger partial charge on any atom is 0.189 e. The molecule has 3 N–H and O–H groups in total. The first-order valence-corrected chi connectivity index (χ1v) is 12.9. The van der Waals surface area contributed by atoms with Crippen molar-refractivity contribution in [3.63, 3.8) is 0 Å². The summed E-state index contributed by atoms with van der Waals surface area (Å²) in [5.41, 5.74) is 11.7. The summed E-state index contributed by atoms with van der Waals surface area (Å²) in [5.74, 6) is 1.17. The van der Waals surface area contributed by atoms with Gasteiger partial charge < -0.3 is 20.4 Å².